The molecule has 1 aliphatic heterocycles. The second-order valence-corrected chi connectivity index (χ2v) is 6.41. The third-order valence-electron chi connectivity index (χ3n) is 4.25. The molecular weight excluding hydrogens is 412 g/mol. The molecule has 31 heavy (non-hydrogen) atoms. The zero-order valence-corrected chi connectivity index (χ0v) is 16.6. The van der Waals surface area contributed by atoms with Crippen molar-refractivity contribution >= 4 is 29.2 Å². The molecule has 3 rings (SSSR count). The number of hydrogen-bond donors (Lipinski definition) is 1. The molecular formula is C20H18N2O9. The lowest BCUT2D eigenvalue weighted by Crippen LogP contribution is -2.30. The highest BCUT2D eigenvalue weighted by molar-refractivity contribution is 5.99. The molecule has 0 aliphatic carbocycles. The number of amides is 1. The van der Waals surface area contributed by atoms with E-state index >= 15 is 0 Å². The summed E-state index contributed by atoms with van der Waals surface area (Å²) in [6.45, 7) is 2.15. The maximum atomic E-state index is 12.4. The van der Waals surface area contributed by atoms with Crippen molar-refractivity contribution in [1.29, 1.82) is 0 Å². The first-order valence-electron chi connectivity index (χ1n) is 9.08. The van der Waals surface area contributed by atoms with E-state index in [1.165, 1.54) is 6.92 Å². The van der Waals surface area contributed by atoms with Crippen molar-refractivity contribution in [2.75, 3.05) is 25.6 Å². The van der Waals surface area contributed by atoms with Crippen molar-refractivity contribution in [3.63, 3.8) is 0 Å². The first-order chi connectivity index (χ1) is 14.8. The Balaban J connectivity index is 1.71. The Kier molecular flexibility index (Phi) is 6.34. The molecule has 1 N–H and O–H groups in total. The number of methoxy groups -OCH3 is 1. The van der Waals surface area contributed by atoms with Crippen LogP contribution >= 0.6 is 0 Å². The SMILES string of the molecule is COC(=O)c1cc(C(=O)O[C@@H](C)C(=O)Nc2ccc3c(c2)OCCO3)cc([N+](=O)[O-])c1. The van der Waals surface area contributed by atoms with Crippen LogP contribution in [-0.2, 0) is 14.3 Å². The van der Waals surface area contributed by atoms with Gasteiger partial charge in [0.05, 0.1) is 23.2 Å². The molecule has 11 heteroatoms. The van der Waals surface area contributed by atoms with E-state index in [0.29, 0.717) is 30.4 Å². The second kappa shape index (κ2) is 9.11. The topological polar surface area (TPSA) is 143 Å². The molecule has 0 saturated heterocycles. The van der Waals surface area contributed by atoms with Gasteiger partial charge in [0.25, 0.3) is 11.6 Å². The van der Waals surface area contributed by atoms with Gasteiger partial charge in [-0.2, -0.15) is 0 Å². The Morgan fingerprint density at radius 3 is 2.32 bits per heavy atom. The lowest BCUT2D eigenvalue weighted by Gasteiger charge is -2.19. The molecule has 1 amide bonds. The van der Waals surface area contributed by atoms with Crippen molar-refractivity contribution in [3.8, 4) is 11.5 Å². The Morgan fingerprint density at radius 1 is 1.03 bits per heavy atom. The molecule has 1 atom stereocenters. The Hall–Kier alpha value is -4.15. The Labute approximate surface area is 176 Å². The molecule has 0 unspecified atom stereocenters. The fourth-order valence-corrected chi connectivity index (χ4v) is 2.72. The number of nitro groups is 1. The molecule has 0 aromatic heterocycles. The number of hydrogen-bond acceptors (Lipinski definition) is 9. The fourth-order valence-electron chi connectivity index (χ4n) is 2.72. The quantitative estimate of drug-likeness (QED) is 0.415. The van der Waals surface area contributed by atoms with Crippen molar-refractivity contribution in [3.05, 3.63) is 57.6 Å². The summed E-state index contributed by atoms with van der Waals surface area (Å²) in [5.74, 6) is -1.49. The van der Waals surface area contributed by atoms with E-state index in [4.69, 9.17) is 14.2 Å². The number of carbonyl (C=O) groups is 3. The average molecular weight is 430 g/mol. The van der Waals surface area contributed by atoms with Crippen molar-refractivity contribution < 1.29 is 38.3 Å². The highest BCUT2D eigenvalue weighted by Gasteiger charge is 2.23. The van der Waals surface area contributed by atoms with E-state index in [0.717, 1.165) is 25.3 Å². The van der Waals surface area contributed by atoms with Crippen LogP contribution < -0.4 is 14.8 Å². The highest BCUT2D eigenvalue weighted by atomic mass is 16.6. The zero-order chi connectivity index (χ0) is 22.5. The number of rotatable bonds is 6. The lowest BCUT2D eigenvalue weighted by molar-refractivity contribution is -0.384. The van der Waals surface area contributed by atoms with Gasteiger partial charge < -0.3 is 24.3 Å². The summed E-state index contributed by atoms with van der Waals surface area (Å²) in [5.41, 5.74) is -0.561. The number of anilines is 1. The molecule has 2 aromatic rings. The minimum absolute atomic E-state index is 0.197. The average Bonchev–Trinajstić information content (AvgIpc) is 2.77. The van der Waals surface area contributed by atoms with Crippen LogP contribution in [0, 0.1) is 10.1 Å². The molecule has 0 radical (unpaired) electrons. The maximum Gasteiger partial charge on any atom is 0.339 e. The molecule has 2 aromatic carbocycles. The fraction of sp³-hybridized carbons (Fsp3) is 0.250. The van der Waals surface area contributed by atoms with Gasteiger partial charge in [-0.15, -0.1) is 0 Å². The Morgan fingerprint density at radius 2 is 1.68 bits per heavy atom. The molecule has 11 nitrogen and oxygen atoms in total. The summed E-state index contributed by atoms with van der Waals surface area (Å²) >= 11 is 0. The van der Waals surface area contributed by atoms with E-state index in [-0.39, 0.29) is 11.1 Å². The first-order valence-corrected chi connectivity index (χ1v) is 9.08. The van der Waals surface area contributed by atoms with Gasteiger partial charge in [-0.05, 0) is 25.1 Å². The van der Waals surface area contributed by atoms with Gasteiger partial charge in [0, 0.05) is 23.9 Å². The predicted molar refractivity (Wildman–Crippen MR) is 105 cm³/mol. The van der Waals surface area contributed by atoms with Gasteiger partial charge >= 0.3 is 11.9 Å². The minimum Gasteiger partial charge on any atom is -0.486 e. The van der Waals surface area contributed by atoms with E-state index < -0.39 is 34.6 Å². The maximum absolute atomic E-state index is 12.4. The zero-order valence-electron chi connectivity index (χ0n) is 16.6. The summed E-state index contributed by atoms with van der Waals surface area (Å²) in [4.78, 5) is 46.9. The van der Waals surface area contributed by atoms with Crippen molar-refractivity contribution in [1.82, 2.24) is 0 Å². The van der Waals surface area contributed by atoms with Gasteiger partial charge in [-0.25, -0.2) is 9.59 Å². The Bertz CT molecular complexity index is 1050. The van der Waals surface area contributed by atoms with Gasteiger partial charge in [-0.1, -0.05) is 0 Å². The van der Waals surface area contributed by atoms with Gasteiger partial charge in [-0.3, -0.25) is 14.9 Å². The summed E-state index contributed by atoms with van der Waals surface area (Å²) in [5, 5.41) is 13.7. The number of nitrogens with zero attached hydrogens (tertiary/aromatic N) is 1. The highest BCUT2D eigenvalue weighted by Crippen LogP contribution is 2.32. The number of benzene rings is 2. The van der Waals surface area contributed by atoms with Gasteiger partial charge in [0.2, 0.25) is 0 Å². The number of non-ortho nitro benzene ring substituents is 1. The summed E-state index contributed by atoms with van der Waals surface area (Å²) < 4.78 is 20.5. The van der Waals surface area contributed by atoms with E-state index in [1.807, 2.05) is 0 Å². The summed E-state index contributed by atoms with van der Waals surface area (Å²) in [6, 6.07) is 7.82. The number of esters is 2. The predicted octanol–water partition coefficient (Wildman–Crippen LogP) is 2.34. The standard InChI is InChI=1S/C20H18N2O9/c1-11(18(23)21-14-3-4-16-17(10-14)30-6-5-29-16)31-20(25)13-7-12(19(24)28-2)8-15(9-13)22(26)27/h3-4,7-11H,5-6H2,1-2H3,(H,21,23)/t11-/m0/s1. The number of carbonyl (C=O) groups excluding carboxylic acids is 3. The molecule has 0 spiro atoms. The van der Waals surface area contributed by atoms with Crippen LogP contribution in [0.5, 0.6) is 11.5 Å². The third kappa shape index (κ3) is 5.07. The van der Waals surface area contributed by atoms with Crippen LogP contribution in [-0.4, -0.2) is 49.2 Å². The van der Waals surface area contributed by atoms with Crippen LogP contribution in [0.4, 0.5) is 11.4 Å². The van der Waals surface area contributed by atoms with Crippen LogP contribution in [0.15, 0.2) is 36.4 Å². The van der Waals surface area contributed by atoms with Gasteiger partial charge in [0.1, 0.15) is 13.2 Å². The van der Waals surface area contributed by atoms with Crippen LogP contribution in [0.1, 0.15) is 27.6 Å². The number of nitrogens with one attached hydrogen (secondary N) is 1. The van der Waals surface area contributed by atoms with Crippen LogP contribution in [0.3, 0.4) is 0 Å². The summed E-state index contributed by atoms with van der Waals surface area (Å²) in [7, 11) is 1.10. The van der Waals surface area contributed by atoms with E-state index in [9.17, 15) is 24.5 Å². The smallest absolute Gasteiger partial charge is 0.339 e. The normalized spacial score (nSPS) is 13.0. The van der Waals surface area contributed by atoms with E-state index in [2.05, 4.69) is 10.1 Å². The molecule has 1 aliphatic rings. The molecule has 0 saturated carbocycles. The number of nitro benzene ring substituents is 1. The van der Waals surface area contributed by atoms with E-state index in [1.54, 1.807) is 18.2 Å². The molecule has 0 bridgehead atoms. The first kappa shape index (κ1) is 21.6. The summed E-state index contributed by atoms with van der Waals surface area (Å²) in [6.07, 6.45) is -1.23. The molecule has 0 fully saturated rings. The second-order valence-electron chi connectivity index (χ2n) is 6.41. The number of fused-ring (bicyclic) bond motifs is 1. The van der Waals surface area contributed by atoms with Crippen molar-refractivity contribution in [2.24, 2.45) is 0 Å². The van der Waals surface area contributed by atoms with Crippen molar-refractivity contribution in [2.45, 2.75) is 13.0 Å². The minimum atomic E-state index is -1.23. The van der Waals surface area contributed by atoms with Gasteiger partial charge in [0.15, 0.2) is 17.6 Å². The lowest BCUT2D eigenvalue weighted by atomic mass is 10.1. The largest absolute Gasteiger partial charge is 0.486 e. The number of ether oxygens (including phenoxy) is 4. The third-order valence-corrected chi connectivity index (χ3v) is 4.25. The molecule has 162 valence electrons. The monoisotopic (exact) mass is 430 g/mol. The van der Waals surface area contributed by atoms with Crippen LogP contribution in [0.2, 0.25) is 0 Å². The molecule has 1 heterocycles. The van der Waals surface area contributed by atoms with Crippen LogP contribution in [0.25, 0.3) is 0 Å².